The second-order valence-corrected chi connectivity index (χ2v) is 3.21. The van der Waals surface area contributed by atoms with Crippen molar-refractivity contribution in [3.05, 3.63) is 24.4 Å². The van der Waals surface area contributed by atoms with Crippen LogP contribution < -0.4 is 3.25 Å². The van der Waals surface area contributed by atoms with Gasteiger partial charge >= 0.3 is 77.3 Å². The summed E-state index contributed by atoms with van der Waals surface area (Å²) >= 11 is 1.06. The molecule has 0 aliphatic carbocycles. The summed E-state index contributed by atoms with van der Waals surface area (Å²) in [6.07, 6.45) is 1.82. The zero-order valence-electron chi connectivity index (χ0n) is 3.76. The number of aromatic nitrogens is 1. The van der Waals surface area contributed by atoms with Crippen molar-refractivity contribution in [3.8, 4) is 0 Å². The molecule has 0 atom stereocenters. The Bertz CT molecular complexity index is 142. The van der Waals surface area contributed by atoms with Gasteiger partial charge in [0.05, 0.1) is 0 Å². The predicted octanol–water partition coefficient (Wildman–Crippen LogP) is -0.773. The van der Waals surface area contributed by atoms with Gasteiger partial charge in [-0.1, -0.05) is 0 Å². The van der Waals surface area contributed by atoms with E-state index >= 15 is 0 Å². The molecule has 8 heavy (non-hydrogen) atoms. The van der Waals surface area contributed by atoms with Crippen LogP contribution in [-0.2, 0) is 0 Å². The van der Waals surface area contributed by atoms with Crippen molar-refractivity contribution in [2.24, 2.45) is 0 Å². The van der Waals surface area contributed by atoms with Gasteiger partial charge in [0.1, 0.15) is 0 Å². The molecule has 0 N–H and O–H groups in total. The van der Waals surface area contributed by atoms with Crippen molar-refractivity contribution in [1.82, 2.24) is 4.98 Å². The Labute approximate surface area is 76.8 Å². The van der Waals surface area contributed by atoms with E-state index in [0.717, 1.165) is 25.8 Å². The second-order valence-electron chi connectivity index (χ2n) is 1.21. The SMILES string of the molecule is [LiH].[Pb][c]1ccccn1. The fraction of sp³-hybridized carbons (Fsp3) is 0. The maximum atomic E-state index is 4.04. The Kier molecular flexibility index (Phi) is 4.92. The molecule has 1 heterocycles. The van der Waals surface area contributed by atoms with Crippen molar-refractivity contribution in [1.29, 1.82) is 0 Å². The van der Waals surface area contributed by atoms with Crippen LogP contribution >= 0.6 is 0 Å². The molecule has 0 amide bonds. The fourth-order valence-corrected chi connectivity index (χ4v) is 1.03. The van der Waals surface area contributed by atoms with Gasteiger partial charge in [0.15, 0.2) is 0 Å². The molecule has 0 unspecified atom stereocenters. The van der Waals surface area contributed by atoms with Gasteiger partial charge in [0.25, 0.3) is 0 Å². The third-order valence-corrected chi connectivity index (χ3v) is 1.81. The summed E-state index contributed by atoms with van der Waals surface area (Å²) < 4.78 is 1.21. The monoisotopic (exact) mass is 294 g/mol. The minimum atomic E-state index is 0. The average Bonchev–Trinajstić information content (AvgIpc) is 1.69. The zero-order chi connectivity index (χ0) is 5.11. The Morgan fingerprint density at radius 1 is 1.38 bits per heavy atom. The van der Waals surface area contributed by atoms with E-state index in [9.17, 15) is 0 Å². The molecule has 1 aromatic rings. The van der Waals surface area contributed by atoms with E-state index < -0.39 is 0 Å². The molecule has 0 saturated heterocycles. The molecule has 0 saturated carbocycles. The molecule has 35 valence electrons. The number of hydrogen-bond acceptors (Lipinski definition) is 1. The number of hydrogen-bond donors (Lipinski definition) is 0. The third kappa shape index (κ3) is 2.85. The molecule has 0 bridgehead atoms. The normalized spacial score (nSPS) is 7.62. The standard InChI is InChI=1S/C5H4N.Li.Pb.H/c1-2-4-6-5-3-1;;;/h1-4H;;;. The number of pyridine rings is 1. The van der Waals surface area contributed by atoms with Crippen molar-refractivity contribution in [2.45, 2.75) is 0 Å². The van der Waals surface area contributed by atoms with Crippen LogP contribution in [0.2, 0.25) is 0 Å². The van der Waals surface area contributed by atoms with Crippen LogP contribution in [0.15, 0.2) is 24.4 Å². The van der Waals surface area contributed by atoms with Crippen molar-refractivity contribution >= 4 is 47.9 Å². The minimum absolute atomic E-state index is 0. The van der Waals surface area contributed by atoms with E-state index in [1.54, 1.807) is 0 Å². The number of nitrogens with zero attached hydrogens (tertiary/aromatic N) is 1. The molecule has 3 radical (unpaired) electrons. The molecule has 0 aliphatic rings. The topological polar surface area (TPSA) is 12.9 Å². The van der Waals surface area contributed by atoms with Crippen LogP contribution in [0.4, 0.5) is 0 Å². The first-order valence-electron chi connectivity index (χ1n) is 2.02. The van der Waals surface area contributed by atoms with Crippen molar-refractivity contribution in [3.63, 3.8) is 0 Å². The van der Waals surface area contributed by atoms with Crippen LogP contribution in [0, 0.1) is 0 Å². The van der Waals surface area contributed by atoms with Gasteiger partial charge < -0.3 is 0 Å². The van der Waals surface area contributed by atoms with Crippen LogP contribution in [0.1, 0.15) is 0 Å². The van der Waals surface area contributed by atoms with E-state index in [-0.39, 0.29) is 18.9 Å². The van der Waals surface area contributed by atoms with Gasteiger partial charge in [-0.15, -0.1) is 0 Å². The molecule has 0 spiro atoms. The second kappa shape index (κ2) is 4.54. The van der Waals surface area contributed by atoms with Crippen molar-refractivity contribution in [2.75, 3.05) is 0 Å². The fourth-order valence-electron chi connectivity index (χ4n) is 0.363. The zero-order valence-corrected chi connectivity index (χ0v) is 7.64. The van der Waals surface area contributed by atoms with Crippen LogP contribution in [-0.4, -0.2) is 49.6 Å². The van der Waals surface area contributed by atoms with Gasteiger partial charge in [-0.25, -0.2) is 0 Å². The molecule has 0 fully saturated rings. The van der Waals surface area contributed by atoms with E-state index in [0.29, 0.717) is 0 Å². The summed E-state index contributed by atoms with van der Waals surface area (Å²) in [4.78, 5) is 4.04. The summed E-state index contributed by atoms with van der Waals surface area (Å²) in [7, 11) is 0. The first-order chi connectivity index (χ1) is 3.39. The van der Waals surface area contributed by atoms with Gasteiger partial charge in [-0.05, 0) is 0 Å². The third-order valence-electron chi connectivity index (χ3n) is 0.665. The quantitative estimate of drug-likeness (QED) is 0.572. The summed E-state index contributed by atoms with van der Waals surface area (Å²) in [6.45, 7) is 0. The van der Waals surface area contributed by atoms with Gasteiger partial charge in [0, 0.05) is 0 Å². The summed E-state index contributed by atoms with van der Waals surface area (Å²) in [6, 6.07) is 5.98. The Hall–Kier alpha value is 0.669. The van der Waals surface area contributed by atoms with Gasteiger partial charge in [-0.2, -0.15) is 0 Å². The van der Waals surface area contributed by atoms with Crippen LogP contribution in [0.5, 0.6) is 0 Å². The Morgan fingerprint density at radius 2 is 2.12 bits per heavy atom. The predicted molar refractivity (Wildman–Crippen MR) is 36.8 cm³/mol. The maximum absolute atomic E-state index is 4.04. The Balaban J connectivity index is 0.000000490. The number of rotatable bonds is 0. The molecule has 0 aliphatic heterocycles. The molecule has 1 aromatic heterocycles. The van der Waals surface area contributed by atoms with Crippen molar-refractivity contribution < 1.29 is 0 Å². The van der Waals surface area contributed by atoms with E-state index in [4.69, 9.17) is 0 Å². The average molecular weight is 293 g/mol. The van der Waals surface area contributed by atoms with E-state index in [1.165, 1.54) is 3.25 Å². The van der Waals surface area contributed by atoms with E-state index in [1.807, 2.05) is 24.4 Å². The summed E-state index contributed by atoms with van der Waals surface area (Å²) in [5.41, 5.74) is 0. The van der Waals surface area contributed by atoms with E-state index in [2.05, 4.69) is 4.98 Å². The summed E-state index contributed by atoms with van der Waals surface area (Å²) in [5, 5.41) is 0. The molecular weight excluding hydrogens is 288 g/mol. The first kappa shape index (κ1) is 8.67. The first-order valence-corrected chi connectivity index (χ1v) is 3.96. The summed E-state index contributed by atoms with van der Waals surface area (Å²) in [5.74, 6) is 0. The molecule has 3 heteroatoms. The van der Waals surface area contributed by atoms with Gasteiger partial charge in [-0.3, -0.25) is 0 Å². The van der Waals surface area contributed by atoms with Crippen LogP contribution in [0.3, 0.4) is 0 Å². The molecule has 1 rings (SSSR count). The molecular formula is C5H5LiNPb. The molecule has 1 nitrogen and oxygen atoms in total. The van der Waals surface area contributed by atoms with Gasteiger partial charge in [0.2, 0.25) is 0 Å². The van der Waals surface area contributed by atoms with Crippen LogP contribution in [0.25, 0.3) is 0 Å². The molecule has 0 aromatic carbocycles. The Morgan fingerprint density at radius 3 is 2.38 bits per heavy atom.